The number of ether oxygens (including phenoxy) is 1. The Kier molecular flexibility index (Phi) is 3.91. The summed E-state index contributed by atoms with van der Waals surface area (Å²) in [5, 5.41) is 0. The van der Waals surface area contributed by atoms with Gasteiger partial charge in [0.25, 0.3) is 0 Å². The van der Waals surface area contributed by atoms with Crippen LogP contribution in [0, 0.1) is 17.8 Å². The lowest BCUT2D eigenvalue weighted by Gasteiger charge is -2.32. The van der Waals surface area contributed by atoms with E-state index in [1.165, 1.54) is 24.8 Å². The van der Waals surface area contributed by atoms with Gasteiger partial charge in [-0.25, -0.2) is 0 Å². The lowest BCUT2D eigenvalue weighted by Crippen LogP contribution is -2.42. The first-order chi connectivity index (χ1) is 10.8. The monoisotopic (exact) mass is 299 g/mol. The largest absolute Gasteiger partial charge is 0.373 e. The summed E-state index contributed by atoms with van der Waals surface area (Å²) >= 11 is 0. The van der Waals surface area contributed by atoms with Crippen molar-refractivity contribution in [2.24, 2.45) is 17.8 Å². The van der Waals surface area contributed by atoms with Gasteiger partial charge in [-0.3, -0.25) is 4.79 Å². The van der Waals surface area contributed by atoms with Crippen LogP contribution in [0.15, 0.2) is 30.3 Å². The molecule has 2 unspecified atom stereocenters. The van der Waals surface area contributed by atoms with E-state index in [0.717, 1.165) is 37.8 Å². The van der Waals surface area contributed by atoms with E-state index >= 15 is 0 Å². The number of hydrogen-bond acceptors (Lipinski definition) is 2. The van der Waals surface area contributed by atoms with Crippen LogP contribution >= 0.6 is 0 Å². The number of carbonyl (C=O) groups excluding carboxylic acids is 1. The average Bonchev–Trinajstić information content (AvgIpc) is 3.05. The van der Waals surface area contributed by atoms with Gasteiger partial charge in [-0.05, 0) is 43.1 Å². The topological polar surface area (TPSA) is 29.5 Å². The van der Waals surface area contributed by atoms with Crippen molar-refractivity contribution in [1.82, 2.24) is 4.90 Å². The predicted octanol–water partition coefficient (Wildman–Crippen LogP) is 3.24. The van der Waals surface area contributed by atoms with Gasteiger partial charge in [-0.15, -0.1) is 0 Å². The van der Waals surface area contributed by atoms with E-state index in [2.05, 4.69) is 17.0 Å². The average molecular weight is 299 g/mol. The summed E-state index contributed by atoms with van der Waals surface area (Å²) in [5.41, 5.74) is 1.23. The molecule has 0 spiro atoms. The number of hydrogen-bond donors (Lipinski definition) is 0. The van der Waals surface area contributed by atoms with Gasteiger partial charge in [0.15, 0.2) is 0 Å². The quantitative estimate of drug-likeness (QED) is 0.854. The van der Waals surface area contributed by atoms with E-state index in [4.69, 9.17) is 4.74 Å². The molecule has 1 aromatic carbocycles. The number of piperidine rings is 1. The van der Waals surface area contributed by atoms with Crippen molar-refractivity contribution in [3.05, 3.63) is 35.9 Å². The van der Waals surface area contributed by atoms with Crippen LogP contribution < -0.4 is 0 Å². The van der Waals surface area contributed by atoms with Crippen molar-refractivity contribution < 1.29 is 9.53 Å². The molecule has 0 radical (unpaired) electrons. The zero-order valence-corrected chi connectivity index (χ0v) is 13.1. The lowest BCUT2D eigenvalue weighted by atomic mass is 10.1. The van der Waals surface area contributed by atoms with Crippen molar-refractivity contribution in [2.75, 3.05) is 13.1 Å². The third kappa shape index (κ3) is 2.79. The number of likely N-dealkylation sites (tertiary alicyclic amines) is 1. The predicted molar refractivity (Wildman–Crippen MR) is 85.2 cm³/mol. The second-order valence-corrected chi connectivity index (χ2v) is 7.11. The Morgan fingerprint density at radius 2 is 1.73 bits per heavy atom. The van der Waals surface area contributed by atoms with Crippen LogP contribution in [0.25, 0.3) is 0 Å². The molecule has 22 heavy (non-hydrogen) atoms. The van der Waals surface area contributed by atoms with Gasteiger partial charge >= 0.3 is 0 Å². The highest BCUT2D eigenvalue weighted by Crippen LogP contribution is 2.58. The number of carbonyl (C=O) groups is 1. The fourth-order valence-corrected chi connectivity index (χ4v) is 4.43. The molecule has 3 fully saturated rings. The van der Waals surface area contributed by atoms with Gasteiger partial charge in [0.2, 0.25) is 5.91 Å². The Morgan fingerprint density at radius 3 is 2.41 bits per heavy atom. The first-order valence-corrected chi connectivity index (χ1v) is 8.77. The van der Waals surface area contributed by atoms with Crippen LogP contribution in [0.3, 0.4) is 0 Å². The summed E-state index contributed by atoms with van der Waals surface area (Å²) in [6.07, 6.45) is 6.20. The van der Waals surface area contributed by atoms with Crippen LogP contribution in [-0.4, -0.2) is 30.0 Å². The zero-order chi connectivity index (χ0) is 14.9. The van der Waals surface area contributed by atoms with Crippen LogP contribution in [-0.2, 0) is 16.1 Å². The zero-order valence-electron chi connectivity index (χ0n) is 13.1. The third-order valence-corrected chi connectivity index (χ3v) is 5.77. The molecule has 1 amide bonds. The Hall–Kier alpha value is -1.35. The van der Waals surface area contributed by atoms with Crippen molar-refractivity contribution >= 4 is 5.91 Å². The van der Waals surface area contributed by atoms with Gasteiger partial charge in [-0.2, -0.15) is 0 Å². The molecule has 1 aromatic rings. The summed E-state index contributed by atoms with van der Waals surface area (Å²) in [4.78, 5) is 14.6. The standard InChI is InChI=1S/C19H25NO2/c21-19(18-16-7-4-8-17(16)18)20-11-9-15(10-12-20)22-13-14-5-2-1-3-6-14/h1-3,5-6,15-18H,4,7-13H2. The smallest absolute Gasteiger partial charge is 0.226 e. The normalized spacial score (nSPS) is 31.1. The summed E-state index contributed by atoms with van der Waals surface area (Å²) in [6.45, 7) is 2.45. The van der Waals surface area contributed by atoms with Crippen LogP contribution in [0.1, 0.15) is 37.7 Å². The molecule has 0 bridgehead atoms. The van der Waals surface area contributed by atoms with Gasteiger partial charge in [0.05, 0.1) is 12.7 Å². The lowest BCUT2D eigenvalue weighted by molar-refractivity contribution is -0.136. The summed E-state index contributed by atoms with van der Waals surface area (Å²) in [7, 11) is 0. The molecule has 0 aromatic heterocycles. The second-order valence-electron chi connectivity index (χ2n) is 7.11. The molecule has 118 valence electrons. The second kappa shape index (κ2) is 6.04. The van der Waals surface area contributed by atoms with Gasteiger partial charge in [0.1, 0.15) is 0 Å². The molecular weight excluding hydrogens is 274 g/mol. The Balaban J connectivity index is 1.22. The summed E-state index contributed by atoms with van der Waals surface area (Å²) in [6, 6.07) is 10.3. The van der Waals surface area contributed by atoms with E-state index in [-0.39, 0.29) is 0 Å². The summed E-state index contributed by atoms with van der Waals surface area (Å²) < 4.78 is 6.01. The maximum absolute atomic E-state index is 12.5. The maximum Gasteiger partial charge on any atom is 0.226 e. The molecular formula is C19H25NO2. The highest BCUT2D eigenvalue weighted by molar-refractivity contribution is 5.82. The number of fused-ring (bicyclic) bond motifs is 1. The SMILES string of the molecule is O=C(C1C2CCCC21)N1CCC(OCc2ccccc2)CC1. The Labute approximate surface area is 132 Å². The minimum atomic E-state index is 0.308. The van der Waals surface area contributed by atoms with Gasteiger partial charge in [0, 0.05) is 19.0 Å². The van der Waals surface area contributed by atoms with Gasteiger partial charge in [-0.1, -0.05) is 36.8 Å². The fraction of sp³-hybridized carbons (Fsp3) is 0.632. The van der Waals surface area contributed by atoms with Crippen molar-refractivity contribution in [3.63, 3.8) is 0 Å². The molecule has 3 aliphatic rings. The fourth-order valence-electron chi connectivity index (χ4n) is 4.43. The minimum absolute atomic E-state index is 0.308. The van der Waals surface area contributed by atoms with Crippen molar-refractivity contribution in [1.29, 1.82) is 0 Å². The number of nitrogens with zero attached hydrogens (tertiary/aromatic N) is 1. The number of benzene rings is 1. The highest BCUT2D eigenvalue weighted by Gasteiger charge is 2.57. The Morgan fingerprint density at radius 1 is 1.05 bits per heavy atom. The molecule has 2 atom stereocenters. The molecule has 1 saturated heterocycles. The summed E-state index contributed by atoms with van der Waals surface area (Å²) in [5.74, 6) is 2.30. The van der Waals surface area contributed by atoms with Crippen LogP contribution in [0.2, 0.25) is 0 Å². The van der Waals surface area contributed by atoms with Crippen LogP contribution in [0.5, 0.6) is 0 Å². The third-order valence-electron chi connectivity index (χ3n) is 5.77. The number of rotatable bonds is 4. The molecule has 3 nitrogen and oxygen atoms in total. The molecule has 4 rings (SSSR count). The first-order valence-electron chi connectivity index (χ1n) is 8.77. The van der Waals surface area contributed by atoms with Crippen LogP contribution in [0.4, 0.5) is 0 Å². The molecule has 2 saturated carbocycles. The molecule has 1 heterocycles. The van der Waals surface area contributed by atoms with E-state index in [9.17, 15) is 4.79 Å². The van der Waals surface area contributed by atoms with Crippen molar-refractivity contribution in [3.8, 4) is 0 Å². The molecule has 1 aliphatic heterocycles. The van der Waals surface area contributed by atoms with E-state index in [1.54, 1.807) is 0 Å². The minimum Gasteiger partial charge on any atom is -0.373 e. The van der Waals surface area contributed by atoms with E-state index in [0.29, 0.717) is 24.5 Å². The Bertz CT molecular complexity index is 511. The molecule has 0 N–H and O–H groups in total. The van der Waals surface area contributed by atoms with E-state index in [1.807, 2.05) is 18.2 Å². The highest BCUT2D eigenvalue weighted by atomic mass is 16.5. The van der Waals surface area contributed by atoms with E-state index < -0.39 is 0 Å². The van der Waals surface area contributed by atoms with Gasteiger partial charge < -0.3 is 9.64 Å². The molecule has 3 heteroatoms. The molecule has 2 aliphatic carbocycles. The maximum atomic E-state index is 12.5. The van der Waals surface area contributed by atoms with Crippen molar-refractivity contribution in [2.45, 2.75) is 44.8 Å². The number of amides is 1. The first kappa shape index (κ1) is 14.3.